The van der Waals surface area contributed by atoms with Gasteiger partial charge in [0.15, 0.2) is 0 Å². The van der Waals surface area contributed by atoms with Gasteiger partial charge in [0.1, 0.15) is 0 Å². The summed E-state index contributed by atoms with van der Waals surface area (Å²) in [7, 11) is 2.03. The minimum absolute atomic E-state index is 0.305. The third kappa shape index (κ3) is 3.24. The van der Waals surface area contributed by atoms with Crippen molar-refractivity contribution in [3.8, 4) is 0 Å². The Labute approximate surface area is 108 Å². The van der Waals surface area contributed by atoms with Crippen LogP contribution in [0, 0.1) is 0 Å². The number of thioether (sulfide) groups is 1. The van der Waals surface area contributed by atoms with E-state index in [0.29, 0.717) is 17.4 Å². The Balaban J connectivity index is 1.95. The third-order valence-electron chi connectivity index (χ3n) is 3.10. The zero-order valence-electron chi connectivity index (χ0n) is 10.8. The maximum atomic E-state index is 5.73. The molecule has 1 N–H and O–H groups in total. The van der Waals surface area contributed by atoms with Crippen LogP contribution in [-0.4, -0.2) is 31.1 Å². The van der Waals surface area contributed by atoms with Crippen LogP contribution in [0.25, 0.3) is 0 Å². The van der Waals surface area contributed by atoms with E-state index in [1.54, 1.807) is 0 Å². The maximum Gasteiger partial charge on any atom is 0.0634 e. The van der Waals surface area contributed by atoms with Crippen LogP contribution in [0.5, 0.6) is 0 Å². The Morgan fingerprint density at radius 3 is 2.82 bits per heavy atom. The van der Waals surface area contributed by atoms with Gasteiger partial charge in [0.05, 0.1) is 12.7 Å². The van der Waals surface area contributed by atoms with Crippen LogP contribution >= 0.6 is 11.8 Å². The van der Waals surface area contributed by atoms with Gasteiger partial charge < -0.3 is 10.1 Å². The van der Waals surface area contributed by atoms with Crippen LogP contribution in [0.3, 0.4) is 0 Å². The molecule has 3 heteroatoms. The fraction of sp³-hybridized carbons (Fsp3) is 0.571. The van der Waals surface area contributed by atoms with Crippen molar-refractivity contribution in [2.24, 2.45) is 0 Å². The van der Waals surface area contributed by atoms with Gasteiger partial charge in [0, 0.05) is 16.2 Å². The molecular formula is C14H21NOS. The van der Waals surface area contributed by atoms with Crippen molar-refractivity contribution in [1.29, 1.82) is 0 Å². The topological polar surface area (TPSA) is 21.3 Å². The van der Waals surface area contributed by atoms with Gasteiger partial charge in [-0.25, -0.2) is 0 Å². The number of ether oxygens (including phenoxy) is 1. The van der Waals surface area contributed by atoms with Crippen LogP contribution < -0.4 is 5.32 Å². The number of rotatable bonds is 5. The highest BCUT2D eigenvalue weighted by molar-refractivity contribution is 8.00. The molecule has 1 aliphatic rings. The number of hydrogen-bond acceptors (Lipinski definition) is 3. The molecule has 0 aromatic heterocycles. The van der Waals surface area contributed by atoms with Crippen LogP contribution in [0.1, 0.15) is 19.4 Å². The molecule has 0 amide bonds. The molecule has 1 aliphatic heterocycles. The molecule has 17 heavy (non-hydrogen) atoms. The summed E-state index contributed by atoms with van der Waals surface area (Å²) < 4.78 is 5.73. The standard InChI is InChI=1S/C14H21NOS/c1-10(2)16-9-12(15-3)14-8-11-6-4-5-7-13(11)17-14/h4-7,10,12,14-15H,8-9H2,1-3H3. The Hall–Kier alpha value is -0.510. The Bertz CT molecular complexity index is 342. The van der Waals surface area contributed by atoms with Crippen molar-refractivity contribution < 1.29 is 4.74 Å². The van der Waals surface area contributed by atoms with Crippen molar-refractivity contribution >= 4 is 11.8 Å². The minimum atomic E-state index is 0.305. The average Bonchev–Trinajstić information content (AvgIpc) is 2.72. The van der Waals surface area contributed by atoms with Crippen molar-refractivity contribution in [3.63, 3.8) is 0 Å². The molecule has 94 valence electrons. The normalized spacial score (nSPS) is 20.6. The van der Waals surface area contributed by atoms with E-state index in [9.17, 15) is 0 Å². The number of fused-ring (bicyclic) bond motifs is 1. The van der Waals surface area contributed by atoms with E-state index in [2.05, 4.69) is 43.4 Å². The zero-order valence-corrected chi connectivity index (χ0v) is 11.6. The molecular weight excluding hydrogens is 230 g/mol. The summed E-state index contributed by atoms with van der Waals surface area (Å²) in [5.41, 5.74) is 1.48. The quantitative estimate of drug-likeness (QED) is 0.869. The van der Waals surface area contributed by atoms with E-state index >= 15 is 0 Å². The molecule has 2 unspecified atom stereocenters. The lowest BCUT2D eigenvalue weighted by Crippen LogP contribution is -2.40. The minimum Gasteiger partial charge on any atom is -0.377 e. The summed E-state index contributed by atoms with van der Waals surface area (Å²) in [5.74, 6) is 0. The van der Waals surface area contributed by atoms with E-state index in [1.165, 1.54) is 10.5 Å². The average molecular weight is 251 g/mol. The molecule has 1 aromatic carbocycles. The molecule has 1 aromatic rings. The van der Waals surface area contributed by atoms with E-state index in [0.717, 1.165) is 13.0 Å². The largest absolute Gasteiger partial charge is 0.377 e. The highest BCUT2D eigenvalue weighted by Gasteiger charge is 2.28. The predicted octanol–water partition coefficient (Wildman–Crippen LogP) is 2.72. The predicted molar refractivity (Wildman–Crippen MR) is 73.7 cm³/mol. The number of hydrogen-bond donors (Lipinski definition) is 1. The molecule has 0 spiro atoms. The Morgan fingerprint density at radius 2 is 2.18 bits per heavy atom. The van der Waals surface area contributed by atoms with E-state index < -0.39 is 0 Å². The van der Waals surface area contributed by atoms with Crippen LogP contribution in [0.4, 0.5) is 0 Å². The van der Waals surface area contributed by atoms with E-state index in [4.69, 9.17) is 4.74 Å². The van der Waals surface area contributed by atoms with Crippen molar-refractivity contribution in [2.45, 2.75) is 42.6 Å². The molecule has 0 aliphatic carbocycles. The first kappa shape index (κ1) is 12.9. The lowest BCUT2D eigenvalue weighted by Gasteiger charge is -2.23. The first-order valence-corrected chi connectivity index (χ1v) is 7.12. The molecule has 2 rings (SSSR count). The molecule has 0 saturated heterocycles. The fourth-order valence-electron chi connectivity index (χ4n) is 2.11. The van der Waals surface area contributed by atoms with Crippen molar-refractivity contribution in [3.05, 3.63) is 29.8 Å². The highest BCUT2D eigenvalue weighted by atomic mass is 32.2. The Kier molecular flexibility index (Phi) is 4.48. The summed E-state index contributed by atoms with van der Waals surface area (Å²) >= 11 is 1.98. The smallest absolute Gasteiger partial charge is 0.0634 e. The van der Waals surface area contributed by atoms with Gasteiger partial charge in [0.25, 0.3) is 0 Å². The first-order valence-electron chi connectivity index (χ1n) is 6.24. The molecule has 1 heterocycles. The number of likely N-dealkylation sites (N-methyl/N-ethyl adjacent to an activating group) is 1. The lowest BCUT2D eigenvalue weighted by molar-refractivity contribution is 0.0624. The van der Waals surface area contributed by atoms with Crippen molar-refractivity contribution in [1.82, 2.24) is 5.32 Å². The van der Waals surface area contributed by atoms with E-state index in [1.807, 2.05) is 18.8 Å². The van der Waals surface area contributed by atoms with Gasteiger partial charge in [-0.1, -0.05) is 18.2 Å². The third-order valence-corrected chi connectivity index (χ3v) is 4.55. The number of benzene rings is 1. The second-order valence-corrected chi connectivity index (χ2v) is 6.03. The molecule has 2 atom stereocenters. The molecule has 0 bridgehead atoms. The van der Waals surface area contributed by atoms with Crippen LogP contribution in [-0.2, 0) is 11.2 Å². The summed E-state index contributed by atoms with van der Waals surface area (Å²) in [6.07, 6.45) is 1.45. The summed E-state index contributed by atoms with van der Waals surface area (Å²) in [6, 6.07) is 9.12. The van der Waals surface area contributed by atoms with Gasteiger partial charge >= 0.3 is 0 Å². The maximum absolute atomic E-state index is 5.73. The van der Waals surface area contributed by atoms with Gasteiger partial charge in [-0.05, 0) is 38.9 Å². The van der Waals surface area contributed by atoms with E-state index in [-0.39, 0.29) is 0 Å². The van der Waals surface area contributed by atoms with Gasteiger partial charge in [-0.15, -0.1) is 11.8 Å². The second-order valence-electron chi connectivity index (χ2n) is 4.75. The first-order chi connectivity index (χ1) is 8.20. The molecule has 0 radical (unpaired) electrons. The van der Waals surface area contributed by atoms with Crippen molar-refractivity contribution in [2.75, 3.05) is 13.7 Å². The lowest BCUT2D eigenvalue weighted by atomic mass is 10.1. The number of nitrogens with one attached hydrogen (secondary N) is 1. The second kappa shape index (κ2) is 5.89. The summed E-state index contributed by atoms with van der Waals surface area (Å²) in [6.45, 7) is 4.96. The molecule has 0 fully saturated rings. The zero-order chi connectivity index (χ0) is 12.3. The van der Waals surface area contributed by atoms with Gasteiger partial charge in [-0.3, -0.25) is 0 Å². The Morgan fingerprint density at radius 1 is 1.41 bits per heavy atom. The summed E-state index contributed by atoms with van der Waals surface area (Å²) in [5, 5.41) is 3.98. The van der Waals surface area contributed by atoms with Crippen LogP contribution in [0.15, 0.2) is 29.2 Å². The highest BCUT2D eigenvalue weighted by Crippen LogP contribution is 2.38. The summed E-state index contributed by atoms with van der Waals surface area (Å²) in [4.78, 5) is 1.43. The monoisotopic (exact) mass is 251 g/mol. The van der Waals surface area contributed by atoms with Crippen LogP contribution in [0.2, 0.25) is 0 Å². The fourth-order valence-corrected chi connectivity index (χ4v) is 3.53. The SMILES string of the molecule is CNC(COC(C)C)C1Cc2ccccc2S1. The van der Waals surface area contributed by atoms with Gasteiger partial charge in [0.2, 0.25) is 0 Å². The van der Waals surface area contributed by atoms with Gasteiger partial charge in [-0.2, -0.15) is 0 Å². The molecule has 2 nitrogen and oxygen atoms in total. The molecule has 0 saturated carbocycles.